The summed E-state index contributed by atoms with van der Waals surface area (Å²) in [6, 6.07) is 11.2. The van der Waals surface area contributed by atoms with E-state index in [-0.39, 0.29) is 18.3 Å². The second kappa shape index (κ2) is 7.54. The van der Waals surface area contributed by atoms with Crippen LogP contribution >= 0.6 is 27.5 Å². The predicted octanol–water partition coefficient (Wildman–Crippen LogP) is 3.97. The van der Waals surface area contributed by atoms with E-state index in [2.05, 4.69) is 26.6 Å². The molecule has 0 fully saturated rings. The molecule has 110 valence electrons. The van der Waals surface area contributed by atoms with E-state index in [1.54, 1.807) is 24.3 Å². The number of rotatable bonds is 5. The minimum atomic E-state index is -0.383. The summed E-state index contributed by atoms with van der Waals surface area (Å²) in [6.45, 7) is 0.653. The molecule has 0 unspecified atom stereocenters. The van der Waals surface area contributed by atoms with Gasteiger partial charge in [-0.1, -0.05) is 39.7 Å². The van der Waals surface area contributed by atoms with Gasteiger partial charge in [0.05, 0.1) is 6.54 Å². The summed E-state index contributed by atoms with van der Waals surface area (Å²) in [5.41, 5.74) is 1.44. The lowest BCUT2D eigenvalue weighted by atomic mass is 10.2. The third-order valence-corrected chi connectivity index (χ3v) is 3.70. The van der Waals surface area contributed by atoms with Gasteiger partial charge in [-0.2, -0.15) is 0 Å². The highest BCUT2D eigenvalue weighted by Gasteiger charge is 2.04. The standard InChI is InChI=1S/C15H13BrClFN2O/c16-14-6-11(17)5-4-10(14)8-19-9-15(21)20-13-3-1-2-12(18)7-13/h1-7,19H,8-9H2,(H,20,21). The van der Waals surface area contributed by atoms with Crippen molar-refractivity contribution in [1.82, 2.24) is 5.32 Å². The van der Waals surface area contributed by atoms with Crippen molar-refractivity contribution < 1.29 is 9.18 Å². The van der Waals surface area contributed by atoms with Crippen LogP contribution in [0.25, 0.3) is 0 Å². The maximum Gasteiger partial charge on any atom is 0.238 e. The number of amides is 1. The summed E-state index contributed by atoms with van der Waals surface area (Å²) in [6.07, 6.45) is 0. The van der Waals surface area contributed by atoms with Crippen LogP contribution in [0.5, 0.6) is 0 Å². The highest BCUT2D eigenvalue weighted by atomic mass is 79.9. The number of nitrogens with one attached hydrogen (secondary N) is 2. The van der Waals surface area contributed by atoms with Crippen LogP contribution in [0.2, 0.25) is 5.02 Å². The van der Waals surface area contributed by atoms with Gasteiger partial charge < -0.3 is 10.6 Å². The van der Waals surface area contributed by atoms with E-state index in [9.17, 15) is 9.18 Å². The first-order valence-corrected chi connectivity index (χ1v) is 7.42. The van der Waals surface area contributed by atoms with Gasteiger partial charge in [-0.3, -0.25) is 4.79 Å². The second-order valence-corrected chi connectivity index (χ2v) is 5.69. The van der Waals surface area contributed by atoms with Gasteiger partial charge in [0, 0.05) is 21.7 Å². The first-order valence-electron chi connectivity index (χ1n) is 6.24. The van der Waals surface area contributed by atoms with E-state index in [0.29, 0.717) is 17.3 Å². The van der Waals surface area contributed by atoms with Crippen LogP contribution in [-0.4, -0.2) is 12.5 Å². The van der Waals surface area contributed by atoms with Gasteiger partial charge in [0.25, 0.3) is 0 Å². The molecule has 0 saturated heterocycles. The van der Waals surface area contributed by atoms with E-state index < -0.39 is 0 Å². The van der Waals surface area contributed by atoms with Crippen LogP contribution in [0.15, 0.2) is 46.9 Å². The maximum absolute atomic E-state index is 13.0. The SMILES string of the molecule is O=C(CNCc1ccc(Cl)cc1Br)Nc1cccc(F)c1. The molecular weight excluding hydrogens is 359 g/mol. The van der Waals surface area contributed by atoms with Crippen molar-refractivity contribution in [3.63, 3.8) is 0 Å². The Morgan fingerprint density at radius 2 is 2.05 bits per heavy atom. The lowest BCUT2D eigenvalue weighted by molar-refractivity contribution is -0.115. The summed E-state index contributed by atoms with van der Waals surface area (Å²) < 4.78 is 13.9. The highest BCUT2D eigenvalue weighted by molar-refractivity contribution is 9.10. The molecule has 0 heterocycles. The molecule has 0 aliphatic rings. The smallest absolute Gasteiger partial charge is 0.238 e. The van der Waals surface area contributed by atoms with Crippen LogP contribution in [0.1, 0.15) is 5.56 Å². The zero-order chi connectivity index (χ0) is 15.2. The fourth-order valence-corrected chi connectivity index (χ4v) is 2.57. The molecule has 2 aromatic rings. The minimum Gasteiger partial charge on any atom is -0.325 e. The number of hydrogen-bond donors (Lipinski definition) is 2. The number of anilines is 1. The molecule has 3 nitrogen and oxygen atoms in total. The van der Waals surface area contributed by atoms with Crippen molar-refractivity contribution in [2.24, 2.45) is 0 Å². The number of halogens is 3. The van der Waals surface area contributed by atoms with Crippen LogP contribution in [-0.2, 0) is 11.3 Å². The van der Waals surface area contributed by atoms with Crippen molar-refractivity contribution in [3.8, 4) is 0 Å². The van der Waals surface area contributed by atoms with Crippen molar-refractivity contribution in [1.29, 1.82) is 0 Å². The Bertz CT molecular complexity index is 651. The Morgan fingerprint density at radius 3 is 2.76 bits per heavy atom. The van der Waals surface area contributed by atoms with Crippen LogP contribution in [0, 0.1) is 5.82 Å². The van der Waals surface area contributed by atoms with Crippen LogP contribution < -0.4 is 10.6 Å². The Labute approximate surface area is 135 Å². The van der Waals surface area contributed by atoms with E-state index in [0.717, 1.165) is 10.0 Å². The molecule has 2 N–H and O–H groups in total. The van der Waals surface area contributed by atoms with Crippen LogP contribution in [0.4, 0.5) is 10.1 Å². The fraction of sp³-hybridized carbons (Fsp3) is 0.133. The Morgan fingerprint density at radius 1 is 1.24 bits per heavy atom. The molecule has 0 aliphatic carbocycles. The first kappa shape index (κ1) is 15.9. The Balaban J connectivity index is 1.81. The average molecular weight is 372 g/mol. The molecule has 0 saturated carbocycles. The number of carbonyl (C=O) groups excluding carboxylic acids is 1. The zero-order valence-corrected chi connectivity index (χ0v) is 13.3. The van der Waals surface area contributed by atoms with E-state index in [1.165, 1.54) is 12.1 Å². The molecule has 0 spiro atoms. The molecule has 21 heavy (non-hydrogen) atoms. The summed E-state index contributed by atoms with van der Waals surface area (Å²) in [4.78, 5) is 11.7. The monoisotopic (exact) mass is 370 g/mol. The largest absolute Gasteiger partial charge is 0.325 e. The lowest BCUT2D eigenvalue weighted by Crippen LogP contribution is -2.27. The molecule has 2 aromatic carbocycles. The predicted molar refractivity (Wildman–Crippen MR) is 85.9 cm³/mol. The first-order chi connectivity index (χ1) is 10.0. The fourth-order valence-electron chi connectivity index (χ4n) is 1.75. The molecule has 0 aromatic heterocycles. The molecule has 1 amide bonds. The van der Waals surface area contributed by atoms with Gasteiger partial charge in [0.2, 0.25) is 5.91 Å². The van der Waals surface area contributed by atoms with Gasteiger partial charge in [0.15, 0.2) is 0 Å². The Kier molecular flexibility index (Phi) is 5.73. The minimum absolute atomic E-state index is 0.131. The quantitative estimate of drug-likeness (QED) is 0.835. The second-order valence-electron chi connectivity index (χ2n) is 4.40. The Hall–Kier alpha value is -1.43. The molecule has 2 rings (SSSR count). The van der Waals surface area contributed by atoms with Gasteiger partial charge in [-0.15, -0.1) is 0 Å². The van der Waals surface area contributed by atoms with Crippen molar-refractivity contribution in [2.75, 3.05) is 11.9 Å². The van der Waals surface area contributed by atoms with Crippen molar-refractivity contribution in [3.05, 3.63) is 63.3 Å². The van der Waals surface area contributed by atoms with Gasteiger partial charge in [-0.05, 0) is 35.9 Å². The van der Waals surface area contributed by atoms with Crippen LogP contribution in [0.3, 0.4) is 0 Å². The number of carbonyl (C=O) groups is 1. The van der Waals surface area contributed by atoms with E-state index in [1.807, 2.05) is 6.07 Å². The maximum atomic E-state index is 13.0. The number of hydrogen-bond acceptors (Lipinski definition) is 2. The topological polar surface area (TPSA) is 41.1 Å². The summed E-state index contributed by atoms with van der Waals surface area (Å²) in [5, 5.41) is 6.28. The normalized spacial score (nSPS) is 10.4. The number of benzene rings is 2. The molecular formula is C15H13BrClFN2O. The summed E-state index contributed by atoms with van der Waals surface area (Å²) >= 11 is 9.27. The summed E-state index contributed by atoms with van der Waals surface area (Å²) in [7, 11) is 0. The highest BCUT2D eigenvalue weighted by Crippen LogP contribution is 2.21. The summed E-state index contributed by atoms with van der Waals surface area (Å²) in [5.74, 6) is -0.614. The van der Waals surface area contributed by atoms with E-state index in [4.69, 9.17) is 11.6 Å². The third-order valence-electron chi connectivity index (χ3n) is 2.72. The average Bonchev–Trinajstić information content (AvgIpc) is 2.41. The van der Waals surface area contributed by atoms with Crippen molar-refractivity contribution in [2.45, 2.75) is 6.54 Å². The molecule has 6 heteroatoms. The zero-order valence-electron chi connectivity index (χ0n) is 11.0. The van der Waals surface area contributed by atoms with Gasteiger partial charge in [0.1, 0.15) is 5.82 Å². The third kappa shape index (κ3) is 5.12. The lowest BCUT2D eigenvalue weighted by Gasteiger charge is -2.08. The molecule has 0 atom stereocenters. The molecule has 0 aliphatic heterocycles. The van der Waals surface area contributed by atoms with E-state index >= 15 is 0 Å². The van der Waals surface area contributed by atoms with Gasteiger partial charge in [-0.25, -0.2) is 4.39 Å². The molecule has 0 bridgehead atoms. The molecule has 0 radical (unpaired) electrons. The van der Waals surface area contributed by atoms with Gasteiger partial charge >= 0.3 is 0 Å². The van der Waals surface area contributed by atoms with Crippen molar-refractivity contribution >= 4 is 39.1 Å².